The van der Waals surface area contributed by atoms with Gasteiger partial charge in [0.2, 0.25) is 0 Å². The Kier molecular flexibility index (Phi) is 10.8. The fourth-order valence-corrected chi connectivity index (χ4v) is 8.32. The van der Waals surface area contributed by atoms with E-state index in [9.17, 15) is 13.2 Å². The summed E-state index contributed by atoms with van der Waals surface area (Å²) in [5, 5.41) is 0.812. The maximum atomic E-state index is 15.5. The van der Waals surface area contributed by atoms with E-state index in [2.05, 4.69) is 34.7 Å². The minimum Gasteiger partial charge on any atom is -0.378 e. The quantitative estimate of drug-likeness (QED) is 0.156. The van der Waals surface area contributed by atoms with Gasteiger partial charge >= 0.3 is 0 Å². The van der Waals surface area contributed by atoms with E-state index in [1.54, 1.807) is 6.92 Å². The van der Waals surface area contributed by atoms with Gasteiger partial charge in [0.15, 0.2) is 0 Å². The Morgan fingerprint density at radius 3 is 1.83 bits per heavy atom. The molecule has 9 rings (SSSR count). The normalized spacial score (nSPS) is 14.8. The second kappa shape index (κ2) is 16.0. The van der Waals surface area contributed by atoms with Crippen molar-refractivity contribution in [3.8, 4) is 0 Å². The highest BCUT2D eigenvalue weighted by molar-refractivity contribution is 6.36. The van der Waals surface area contributed by atoms with Crippen LogP contribution in [0.25, 0.3) is 21.8 Å². The molecule has 0 spiro atoms. The molecule has 1 saturated heterocycles. The Morgan fingerprint density at radius 1 is 0.707 bits per heavy atom. The minimum absolute atomic E-state index is 0.173. The molecule has 4 aromatic carbocycles. The van der Waals surface area contributed by atoms with Gasteiger partial charge in [-0.25, -0.2) is 17.6 Å². The van der Waals surface area contributed by atoms with Crippen LogP contribution in [0.4, 0.5) is 34.6 Å². The van der Waals surface area contributed by atoms with Crippen molar-refractivity contribution in [2.75, 3.05) is 42.6 Å². The predicted molar refractivity (Wildman–Crippen MR) is 224 cm³/mol. The summed E-state index contributed by atoms with van der Waals surface area (Å²) in [6.07, 6.45) is 3.08. The topological polar surface area (TPSA) is 54.4 Å². The maximum Gasteiger partial charge on any atom is 0.137 e. The largest absolute Gasteiger partial charge is 0.378 e. The van der Waals surface area contributed by atoms with Gasteiger partial charge in [0.1, 0.15) is 23.3 Å². The first-order chi connectivity index (χ1) is 27.9. The molecule has 0 N–H and O–H groups in total. The van der Waals surface area contributed by atoms with Crippen LogP contribution in [-0.4, -0.2) is 47.8 Å². The molecule has 296 valence electrons. The molecule has 0 bridgehead atoms. The summed E-state index contributed by atoms with van der Waals surface area (Å²) in [6, 6.07) is 26.3. The van der Waals surface area contributed by atoms with E-state index in [0.717, 1.165) is 81.6 Å². The number of benzene rings is 4. The van der Waals surface area contributed by atoms with Gasteiger partial charge in [-0.2, -0.15) is 0 Å². The lowest BCUT2D eigenvalue weighted by Gasteiger charge is -2.30. The van der Waals surface area contributed by atoms with Crippen LogP contribution < -0.4 is 9.80 Å². The number of hydrogen-bond donors (Lipinski definition) is 0. The predicted octanol–water partition coefficient (Wildman–Crippen LogP) is 11.1. The minimum atomic E-state index is -0.683. The lowest BCUT2D eigenvalue weighted by molar-refractivity contribution is 0.122. The number of fused-ring (bicyclic) bond motifs is 3. The molecule has 2 aliphatic rings. The molecule has 3 aromatic heterocycles. The highest BCUT2D eigenvalue weighted by Gasteiger charge is 2.40. The molecule has 0 atom stereocenters. The summed E-state index contributed by atoms with van der Waals surface area (Å²) in [5.74, 6) is -2.57. The Hall–Kier alpha value is -5.58. The van der Waals surface area contributed by atoms with Crippen LogP contribution in [0.2, 0.25) is 5.02 Å². The Bertz CT molecular complexity index is 2650. The Balaban J connectivity index is 0.000000189. The number of rotatable bonds is 6. The van der Waals surface area contributed by atoms with Crippen molar-refractivity contribution in [3.05, 3.63) is 165 Å². The van der Waals surface area contributed by atoms with Crippen LogP contribution in [0.15, 0.2) is 97.2 Å². The Morgan fingerprint density at radius 2 is 1.24 bits per heavy atom. The molecule has 6 nitrogen and oxygen atoms in total. The number of hydrogen-bond acceptors (Lipinski definition) is 6. The van der Waals surface area contributed by atoms with Gasteiger partial charge in [-0.1, -0.05) is 86.1 Å². The molecule has 11 heteroatoms. The average Bonchev–Trinajstić information content (AvgIpc) is 3.47. The maximum absolute atomic E-state index is 15.5. The lowest BCUT2D eigenvalue weighted by Crippen LogP contribution is -2.36. The zero-order chi connectivity index (χ0) is 40.7. The molecular weight excluding hydrogens is 762 g/mol. The SMILES string of the molecule is Cc1c(Cc2ccccc2)nc2cc(F)cc(F)c2c1Cl.Cc1c(Cc2ccccc2)nc2cc(F)cc(F)c2c1N1CC(C)(C)c2ncc(N3CCOCC3)cc21. The van der Waals surface area contributed by atoms with E-state index in [1.165, 1.54) is 12.1 Å². The zero-order valence-corrected chi connectivity index (χ0v) is 33.5. The van der Waals surface area contributed by atoms with Crippen LogP contribution in [-0.2, 0) is 23.0 Å². The van der Waals surface area contributed by atoms with E-state index in [-0.39, 0.29) is 16.3 Å². The first-order valence-corrected chi connectivity index (χ1v) is 19.7. The third-order valence-electron chi connectivity index (χ3n) is 11.0. The van der Waals surface area contributed by atoms with Crippen molar-refractivity contribution in [1.29, 1.82) is 0 Å². The molecule has 7 aromatic rings. The van der Waals surface area contributed by atoms with Crippen molar-refractivity contribution in [2.45, 2.75) is 46.0 Å². The van der Waals surface area contributed by atoms with Gasteiger partial charge in [-0.3, -0.25) is 15.0 Å². The standard InChI is InChI=1S/C30H30F2N4O.C17H12ClF2N/c1-19-24(13-20-7-5-4-6-8-20)34-25-15-21(31)14-23(32)27(25)28(19)36-18-30(2,3)29-26(36)16-22(17-33-29)35-9-11-37-12-10-35;1-10-14(7-11-5-3-2-4-6-11)21-15-9-12(19)8-13(20)16(15)17(10)18/h4-8,14-17H,9-13,18H2,1-3H3;2-6,8-9H,7H2,1H3. The molecule has 1 fully saturated rings. The Labute approximate surface area is 340 Å². The number of aromatic nitrogens is 3. The molecule has 0 saturated carbocycles. The van der Waals surface area contributed by atoms with Crippen LogP contribution in [0.1, 0.15) is 53.2 Å². The second-order valence-corrected chi connectivity index (χ2v) is 15.9. The number of ether oxygens (including phenoxy) is 1. The van der Waals surface area contributed by atoms with Gasteiger partial charge in [-0.15, -0.1) is 0 Å². The van der Waals surface area contributed by atoms with Gasteiger partial charge in [0, 0.05) is 67.9 Å². The summed E-state index contributed by atoms with van der Waals surface area (Å²) in [4.78, 5) is 18.5. The zero-order valence-electron chi connectivity index (χ0n) is 32.7. The first kappa shape index (κ1) is 39.3. The second-order valence-electron chi connectivity index (χ2n) is 15.5. The highest BCUT2D eigenvalue weighted by atomic mass is 35.5. The van der Waals surface area contributed by atoms with Gasteiger partial charge < -0.3 is 14.5 Å². The fourth-order valence-electron chi connectivity index (χ4n) is 8.02. The number of nitrogens with zero attached hydrogens (tertiary/aromatic N) is 5. The first-order valence-electron chi connectivity index (χ1n) is 19.3. The highest BCUT2D eigenvalue weighted by Crippen LogP contribution is 2.48. The molecule has 5 heterocycles. The van der Waals surface area contributed by atoms with Crippen molar-refractivity contribution in [2.24, 2.45) is 0 Å². The molecule has 0 unspecified atom stereocenters. The van der Waals surface area contributed by atoms with Crippen molar-refractivity contribution in [3.63, 3.8) is 0 Å². The van der Waals surface area contributed by atoms with Crippen LogP contribution in [0.5, 0.6) is 0 Å². The monoisotopic (exact) mass is 803 g/mol. The third-order valence-corrected chi connectivity index (χ3v) is 11.5. The summed E-state index contributed by atoms with van der Waals surface area (Å²) in [7, 11) is 0. The molecular formula is C47H42ClF4N5O. The number of morpholine rings is 1. The van der Waals surface area contributed by atoms with E-state index in [1.807, 2.05) is 73.8 Å². The van der Waals surface area contributed by atoms with Crippen LogP contribution in [0.3, 0.4) is 0 Å². The fraction of sp³-hybridized carbons (Fsp3) is 0.255. The van der Waals surface area contributed by atoms with Crippen molar-refractivity contribution < 1.29 is 22.3 Å². The lowest BCUT2D eigenvalue weighted by atomic mass is 9.91. The summed E-state index contributed by atoms with van der Waals surface area (Å²) >= 11 is 6.25. The van der Waals surface area contributed by atoms with Gasteiger partial charge in [-0.05, 0) is 42.2 Å². The van der Waals surface area contributed by atoms with E-state index < -0.39 is 23.3 Å². The molecule has 0 aliphatic carbocycles. The number of pyridine rings is 3. The number of halogens is 5. The van der Waals surface area contributed by atoms with E-state index >= 15 is 4.39 Å². The third kappa shape index (κ3) is 7.71. The molecule has 2 aliphatic heterocycles. The smallest absolute Gasteiger partial charge is 0.137 e. The van der Waals surface area contributed by atoms with Crippen LogP contribution in [0, 0.1) is 37.1 Å². The summed E-state index contributed by atoms with van der Waals surface area (Å²) in [5.41, 5.74) is 9.32. The summed E-state index contributed by atoms with van der Waals surface area (Å²) in [6.45, 7) is 11.7. The van der Waals surface area contributed by atoms with Crippen molar-refractivity contribution in [1.82, 2.24) is 15.0 Å². The number of anilines is 3. The molecule has 58 heavy (non-hydrogen) atoms. The van der Waals surface area contributed by atoms with Gasteiger partial charge in [0.25, 0.3) is 0 Å². The van der Waals surface area contributed by atoms with Crippen LogP contribution >= 0.6 is 11.6 Å². The summed E-state index contributed by atoms with van der Waals surface area (Å²) < 4.78 is 62.6. The molecule has 0 amide bonds. The molecule has 0 radical (unpaired) electrons. The van der Waals surface area contributed by atoms with Crippen molar-refractivity contribution >= 4 is 50.5 Å². The van der Waals surface area contributed by atoms with E-state index in [0.29, 0.717) is 48.5 Å². The average molecular weight is 804 g/mol. The van der Waals surface area contributed by atoms with Gasteiger partial charge in [0.05, 0.1) is 74.7 Å². The van der Waals surface area contributed by atoms with E-state index in [4.69, 9.17) is 26.3 Å².